The van der Waals surface area contributed by atoms with E-state index in [2.05, 4.69) is 4.40 Å². The summed E-state index contributed by atoms with van der Waals surface area (Å²) in [5, 5.41) is 2.21. The molecule has 2 heterocycles. The molecule has 7 heteroatoms. The van der Waals surface area contributed by atoms with Gasteiger partial charge >= 0.3 is 0 Å². The third kappa shape index (κ3) is 3.38. The van der Waals surface area contributed by atoms with Crippen LogP contribution >= 0.6 is 0 Å². The molecule has 6 nitrogen and oxygen atoms in total. The van der Waals surface area contributed by atoms with Crippen LogP contribution in [0.2, 0.25) is 0 Å². The summed E-state index contributed by atoms with van der Waals surface area (Å²) in [6.45, 7) is 0.719. The first-order valence-corrected chi connectivity index (χ1v) is 10.3. The molecule has 0 spiro atoms. The molecule has 2 aromatic carbocycles. The fourth-order valence-corrected chi connectivity index (χ4v) is 4.33. The number of allylic oxidation sites excluding steroid dienone is 2. The molecule has 138 valence electrons. The van der Waals surface area contributed by atoms with E-state index < -0.39 is 10.0 Å². The van der Waals surface area contributed by atoms with E-state index in [1.165, 1.54) is 0 Å². The summed E-state index contributed by atoms with van der Waals surface area (Å²) in [6, 6.07) is 14.0. The van der Waals surface area contributed by atoms with Gasteiger partial charge in [-0.1, -0.05) is 42.5 Å². The van der Waals surface area contributed by atoms with E-state index in [-0.39, 0.29) is 17.5 Å². The van der Waals surface area contributed by atoms with Crippen molar-refractivity contribution in [2.45, 2.75) is 6.54 Å². The Morgan fingerprint density at radius 2 is 1.96 bits per heavy atom. The van der Waals surface area contributed by atoms with Gasteiger partial charge in [-0.2, -0.15) is 0 Å². The predicted octanol–water partition coefficient (Wildman–Crippen LogP) is 2.30. The molecule has 0 unspecified atom stereocenters. The molecule has 0 fully saturated rings. The second-order valence-corrected chi connectivity index (χ2v) is 8.37. The Morgan fingerprint density at radius 3 is 2.81 bits per heavy atom. The van der Waals surface area contributed by atoms with E-state index in [4.69, 9.17) is 0 Å². The maximum absolute atomic E-state index is 13.0. The first kappa shape index (κ1) is 17.5. The van der Waals surface area contributed by atoms with Crippen molar-refractivity contribution < 1.29 is 13.2 Å². The zero-order valence-corrected chi connectivity index (χ0v) is 15.7. The normalized spacial score (nSPS) is 17.9. The van der Waals surface area contributed by atoms with Crippen molar-refractivity contribution in [2.24, 2.45) is 4.40 Å². The number of amides is 1. The van der Waals surface area contributed by atoms with Gasteiger partial charge in [0.15, 0.2) is 5.84 Å². The van der Waals surface area contributed by atoms with Crippen LogP contribution in [0.25, 0.3) is 10.8 Å². The van der Waals surface area contributed by atoms with Crippen molar-refractivity contribution in [2.75, 3.05) is 19.3 Å². The van der Waals surface area contributed by atoms with Crippen LogP contribution in [0.15, 0.2) is 70.8 Å². The van der Waals surface area contributed by atoms with Gasteiger partial charge in [0.25, 0.3) is 15.9 Å². The molecule has 2 aliphatic heterocycles. The van der Waals surface area contributed by atoms with Crippen LogP contribution in [0.5, 0.6) is 0 Å². The number of likely N-dealkylation sites (N-methyl/N-ethyl adjacent to an activating group) is 1. The molecule has 0 aliphatic carbocycles. The van der Waals surface area contributed by atoms with Crippen LogP contribution < -0.4 is 0 Å². The van der Waals surface area contributed by atoms with E-state index in [9.17, 15) is 13.2 Å². The van der Waals surface area contributed by atoms with Gasteiger partial charge in [0, 0.05) is 26.3 Å². The summed E-state index contributed by atoms with van der Waals surface area (Å²) in [5.41, 5.74) is 1.33. The van der Waals surface area contributed by atoms with Crippen molar-refractivity contribution in [3.8, 4) is 0 Å². The smallest absolute Gasteiger partial charge is 0.257 e. The van der Waals surface area contributed by atoms with Crippen LogP contribution in [0.1, 0.15) is 5.56 Å². The molecule has 0 saturated carbocycles. The Bertz CT molecular complexity index is 1110. The molecule has 0 N–H and O–H groups in total. The van der Waals surface area contributed by atoms with Gasteiger partial charge in [0.1, 0.15) is 0 Å². The monoisotopic (exact) mass is 381 g/mol. The van der Waals surface area contributed by atoms with Crippen molar-refractivity contribution in [1.82, 2.24) is 9.80 Å². The van der Waals surface area contributed by atoms with Crippen molar-refractivity contribution >= 4 is 32.5 Å². The third-order valence-corrected chi connectivity index (χ3v) is 5.87. The minimum absolute atomic E-state index is 0.0475. The van der Waals surface area contributed by atoms with Gasteiger partial charge in [-0.25, -0.2) is 8.42 Å². The average molecular weight is 381 g/mol. The number of sulfonamides is 1. The first-order valence-electron chi connectivity index (χ1n) is 8.65. The molecule has 0 atom stereocenters. The minimum Gasteiger partial charge on any atom is -0.337 e. The van der Waals surface area contributed by atoms with Crippen molar-refractivity contribution in [3.63, 3.8) is 0 Å². The highest BCUT2D eigenvalue weighted by Gasteiger charge is 2.31. The van der Waals surface area contributed by atoms with Gasteiger partial charge in [-0.05, 0) is 28.5 Å². The fraction of sp³-hybridized carbons (Fsp3) is 0.200. The van der Waals surface area contributed by atoms with E-state index >= 15 is 0 Å². The Labute approximate surface area is 158 Å². The highest BCUT2D eigenvalue weighted by Crippen LogP contribution is 2.22. The fourth-order valence-electron chi connectivity index (χ4n) is 3.35. The molecule has 0 saturated heterocycles. The molecule has 27 heavy (non-hydrogen) atoms. The second kappa shape index (κ2) is 6.66. The van der Waals surface area contributed by atoms with E-state index in [1.54, 1.807) is 35.2 Å². The Kier molecular flexibility index (Phi) is 4.31. The molecule has 1 amide bonds. The van der Waals surface area contributed by atoms with Crippen molar-refractivity contribution in [1.29, 1.82) is 0 Å². The molecular weight excluding hydrogens is 362 g/mol. The van der Waals surface area contributed by atoms with Crippen LogP contribution in [0, 0.1) is 0 Å². The summed E-state index contributed by atoms with van der Waals surface area (Å²) >= 11 is 0. The molecule has 0 radical (unpaired) electrons. The predicted molar refractivity (Wildman–Crippen MR) is 106 cm³/mol. The van der Waals surface area contributed by atoms with Crippen LogP contribution in [0.4, 0.5) is 0 Å². The number of carbonyl (C=O) groups is 1. The topological polar surface area (TPSA) is 70.1 Å². The summed E-state index contributed by atoms with van der Waals surface area (Å²) < 4.78 is 27.6. The lowest BCUT2D eigenvalue weighted by atomic mass is 10.0. The maximum Gasteiger partial charge on any atom is 0.257 e. The summed E-state index contributed by atoms with van der Waals surface area (Å²) in [5.74, 6) is -0.0969. The SMILES string of the molecule is CN(Cc1cccc2ccccc12)C(=O)C1=CC=CN2CCS(=O)(=O)N=C12. The molecular formula is C20H19N3O3S. The Hall–Kier alpha value is -2.93. The van der Waals surface area contributed by atoms with E-state index in [0.717, 1.165) is 16.3 Å². The standard InChI is InChI=1S/C20H19N3O3S/c1-22(14-16-8-4-7-15-6-2-3-9-17(15)16)20(24)18-10-5-11-23-12-13-27(25,26)21-19(18)23/h2-11H,12-14H2,1H3. The van der Waals surface area contributed by atoms with Crippen molar-refractivity contribution in [3.05, 3.63) is 72.0 Å². The lowest BCUT2D eigenvalue weighted by Crippen LogP contribution is -2.42. The average Bonchev–Trinajstić information content (AvgIpc) is 2.66. The number of nitrogens with zero attached hydrogens (tertiary/aromatic N) is 3. The molecule has 0 aromatic heterocycles. The summed E-state index contributed by atoms with van der Waals surface area (Å²) in [7, 11) is -1.82. The molecule has 2 aliphatic rings. The Balaban J connectivity index is 1.63. The summed E-state index contributed by atoms with van der Waals surface area (Å²) in [6.07, 6.45) is 5.11. The molecule has 2 aromatic rings. The number of amidine groups is 1. The Morgan fingerprint density at radius 1 is 1.19 bits per heavy atom. The lowest BCUT2D eigenvalue weighted by Gasteiger charge is -2.30. The van der Waals surface area contributed by atoms with E-state index in [1.807, 2.05) is 42.5 Å². The van der Waals surface area contributed by atoms with Gasteiger partial charge in [-0.3, -0.25) is 4.79 Å². The highest BCUT2D eigenvalue weighted by molar-refractivity contribution is 7.90. The van der Waals surface area contributed by atoms with Gasteiger partial charge in [0.05, 0.1) is 11.3 Å². The third-order valence-electron chi connectivity index (χ3n) is 4.72. The second-order valence-electron chi connectivity index (χ2n) is 6.62. The number of benzene rings is 2. The highest BCUT2D eigenvalue weighted by atomic mass is 32.2. The first-order chi connectivity index (χ1) is 12.9. The summed E-state index contributed by atoms with van der Waals surface area (Å²) in [4.78, 5) is 16.3. The van der Waals surface area contributed by atoms with Crippen LogP contribution in [-0.4, -0.2) is 49.3 Å². The number of hydrogen-bond donors (Lipinski definition) is 0. The quantitative estimate of drug-likeness (QED) is 0.818. The zero-order valence-electron chi connectivity index (χ0n) is 14.9. The van der Waals surface area contributed by atoms with E-state index in [0.29, 0.717) is 18.7 Å². The number of rotatable bonds is 3. The van der Waals surface area contributed by atoms with Crippen LogP contribution in [-0.2, 0) is 21.4 Å². The van der Waals surface area contributed by atoms with Gasteiger partial charge in [0.2, 0.25) is 0 Å². The zero-order chi connectivity index (χ0) is 19.0. The van der Waals surface area contributed by atoms with Gasteiger partial charge < -0.3 is 9.80 Å². The maximum atomic E-state index is 13.0. The van der Waals surface area contributed by atoms with Crippen LogP contribution in [0.3, 0.4) is 0 Å². The molecule has 0 bridgehead atoms. The number of fused-ring (bicyclic) bond motifs is 2. The number of hydrogen-bond acceptors (Lipinski definition) is 4. The molecule has 4 rings (SSSR count). The number of carbonyl (C=O) groups excluding carboxylic acids is 1. The van der Waals surface area contributed by atoms with Gasteiger partial charge in [-0.15, -0.1) is 4.40 Å². The minimum atomic E-state index is -3.53. The largest absolute Gasteiger partial charge is 0.337 e. The lowest BCUT2D eigenvalue weighted by molar-refractivity contribution is -0.125.